The van der Waals surface area contributed by atoms with E-state index in [1.54, 1.807) is 31.4 Å². The summed E-state index contributed by atoms with van der Waals surface area (Å²) in [4.78, 5) is 31.2. The van der Waals surface area contributed by atoms with E-state index in [1.807, 2.05) is 0 Å². The van der Waals surface area contributed by atoms with Crippen LogP contribution in [0.2, 0.25) is 0 Å². The number of anilines is 1. The van der Waals surface area contributed by atoms with Gasteiger partial charge in [-0.1, -0.05) is 12.1 Å². The second kappa shape index (κ2) is 10.2. The number of hydrogen-bond donors (Lipinski definition) is 3. The summed E-state index contributed by atoms with van der Waals surface area (Å²) in [6.07, 6.45) is 0.406. The summed E-state index contributed by atoms with van der Waals surface area (Å²) in [5.41, 5.74) is 2.26. The Kier molecular flexibility index (Phi) is 6.92. The van der Waals surface area contributed by atoms with E-state index >= 15 is 0 Å². The highest BCUT2D eigenvalue weighted by Gasteiger charge is 2.20. The van der Waals surface area contributed by atoms with Crippen LogP contribution in [0.1, 0.15) is 5.56 Å². The van der Waals surface area contributed by atoms with Crippen LogP contribution in [0.3, 0.4) is 0 Å². The Morgan fingerprint density at radius 2 is 1.86 bits per heavy atom. The number of aromatic amines is 1. The van der Waals surface area contributed by atoms with Crippen LogP contribution in [0, 0.1) is 5.82 Å². The summed E-state index contributed by atoms with van der Waals surface area (Å²) >= 11 is 0. The number of aliphatic hydroxyl groups excluding tert-OH is 1. The molecular weight excluding hydrogens is 459 g/mol. The normalized spacial score (nSPS) is 12.2. The number of imidazole rings is 1. The topological polar surface area (TPSA) is 136 Å². The molecule has 2 heterocycles. The first-order valence-corrected chi connectivity index (χ1v) is 10.5. The predicted octanol–water partition coefficient (Wildman–Crippen LogP) is 1.46. The molecule has 182 valence electrons. The predicted molar refractivity (Wildman–Crippen MR) is 128 cm³/mol. The van der Waals surface area contributed by atoms with Crippen molar-refractivity contribution in [2.75, 3.05) is 19.1 Å². The number of nitrogens with one attached hydrogen (secondary N) is 2. The average Bonchev–Trinajstić information content (AvgIpc) is 3.21. The second-order valence-electron chi connectivity index (χ2n) is 7.60. The maximum absolute atomic E-state index is 13.1. The fourth-order valence-electron chi connectivity index (χ4n) is 3.34. The van der Waals surface area contributed by atoms with Crippen molar-refractivity contribution >= 4 is 23.3 Å². The van der Waals surface area contributed by atoms with Gasteiger partial charge in [-0.05, 0) is 42.0 Å². The van der Waals surface area contributed by atoms with Crippen molar-refractivity contribution < 1.29 is 19.0 Å². The Morgan fingerprint density at radius 3 is 2.54 bits per heavy atom. The van der Waals surface area contributed by atoms with Crippen molar-refractivity contribution in [2.24, 2.45) is 12.1 Å². The van der Waals surface area contributed by atoms with E-state index in [4.69, 9.17) is 9.47 Å². The number of methoxy groups -OCH3 is 1. The lowest BCUT2D eigenvalue weighted by Gasteiger charge is -2.15. The maximum Gasteiger partial charge on any atom is 0.329 e. The van der Waals surface area contributed by atoms with Gasteiger partial charge in [-0.25, -0.2) is 14.6 Å². The minimum absolute atomic E-state index is 0.0754. The lowest BCUT2D eigenvalue weighted by molar-refractivity contribution is 0.0938. The van der Waals surface area contributed by atoms with E-state index in [-0.39, 0.29) is 36.1 Å². The largest absolute Gasteiger partial charge is 0.497 e. The van der Waals surface area contributed by atoms with Crippen LogP contribution in [-0.2, 0) is 13.6 Å². The van der Waals surface area contributed by atoms with E-state index < -0.39 is 17.4 Å². The van der Waals surface area contributed by atoms with Gasteiger partial charge in [0.1, 0.15) is 30.0 Å². The van der Waals surface area contributed by atoms with E-state index in [2.05, 4.69) is 20.5 Å². The Balaban J connectivity index is 1.58. The van der Waals surface area contributed by atoms with Crippen molar-refractivity contribution in [2.45, 2.75) is 12.6 Å². The molecule has 1 unspecified atom stereocenters. The Bertz CT molecular complexity index is 1460. The molecule has 0 amide bonds. The number of aliphatic hydroxyl groups is 1. The Morgan fingerprint density at radius 1 is 1.17 bits per heavy atom. The summed E-state index contributed by atoms with van der Waals surface area (Å²) in [5.74, 6) is 0.948. The Hall–Kier alpha value is -4.45. The zero-order valence-electron chi connectivity index (χ0n) is 18.9. The molecule has 4 rings (SSSR count). The number of rotatable bonds is 9. The highest BCUT2D eigenvalue weighted by Crippen LogP contribution is 2.19. The first-order chi connectivity index (χ1) is 16.9. The number of aromatic nitrogens is 4. The summed E-state index contributed by atoms with van der Waals surface area (Å²) in [7, 11) is 3.02. The summed E-state index contributed by atoms with van der Waals surface area (Å²) in [6, 6.07) is 12.5. The number of ether oxygens (including phenoxy) is 2. The fourth-order valence-corrected chi connectivity index (χ4v) is 3.34. The third kappa shape index (κ3) is 5.38. The number of hydrogen-bond acceptors (Lipinski definition) is 8. The van der Waals surface area contributed by atoms with Crippen molar-refractivity contribution in [3.63, 3.8) is 0 Å². The molecule has 0 spiro atoms. The molecule has 3 N–H and O–H groups in total. The molecule has 2 aromatic carbocycles. The zero-order chi connectivity index (χ0) is 24.9. The van der Waals surface area contributed by atoms with Crippen LogP contribution in [0.4, 0.5) is 10.3 Å². The third-order valence-electron chi connectivity index (χ3n) is 5.15. The van der Waals surface area contributed by atoms with Crippen LogP contribution >= 0.6 is 0 Å². The molecule has 12 heteroatoms. The van der Waals surface area contributed by atoms with E-state index in [0.717, 1.165) is 0 Å². The van der Waals surface area contributed by atoms with E-state index in [0.29, 0.717) is 17.1 Å². The number of halogens is 1. The van der Waals surface area contributed by atoms with E-state index in [9.17, 15) is 19.1 Å². The summed E-state index contributed by atoms with van der Waals surface area (Å²) < 4.78 is 26.4. The molecule has 0 saturated carbocycles. The molecular formula is C23H23FN6O5. The van der Waals surface area contributed by atoms with Gasteiger partial charge in [0, 0.05) is 7.05 Å². The van der Waals surface area contributed by atoms with Gasteiger partial charge in [0.15, 0.2) is 11.2 Å². The molecule has 11 nitrogen and oxygen atoms in total. The molecule has 35 heavy (non-hydrogen) atoms. The van der Waals surface area contributed by atoms with Crippen molar-refractivity contribution in [3.8, 4) is 11.5 Å². The van der Waals surface area contributed by atoms with Crippen LogP contribution in [0.25, 0.3) is 11.2 Å². The molecule has 0 aliphatic rings. The minimum Gasteiger partial charge on any atom is -0.497 e. The number of fused-ring (bicyclic) bond motifs is 1. The quantitative estimate of drug-likeness (QED) is 0.243. The van der Waals surface area contributed by atoms with Crippen molar-refractivity contribution in [1.82, 2.24) is 19.1 Å². The number of benzene rings is 2. The standard InChI is InChI=1S/C23H23FN6O5/c1-29-20-19(21(32)27-23(29)33)30(12-16(31)13-35-18-9-7-17(34-2)8-10-18)22(26-20)28-25-11-14-3-5-15(24)6-4-14/h3-11,16,31H,12-13H2,1-2H3,(H,26,28)(H,27,32,33). The third-order valence-corrected chi connectivity index (χ3v) is 5.15. The minimum atomic E-state index is -1.03. The number of nitrogens with zero attached hydrogens (tertiary/aromatic N) is 4. The molecule has 0 radical (unpaired) electrons. The fraction of sp³-hybridized carbons (Fsp3) is 0.217. The van der Waals surface area contributed by atoms with Crippen LogP contribution in [0.15, 0.2) is 63.2 Å². The van der Waals surface area contributed by atoms with Crippen LogP contribution in [0.5, 0.6) is 11.5 Å². The van der Waals surface area contributed by atoms with Gasteiger partial charge < -0.3 is 19.1 Å². The highest BCUT2D eigenvalue weighted by atomic mass is 19.1. The smallest absolute Gasteiger partial charge is 0.329 e. The molecule has 2 aromatic heterocycles. The molecule has 0 saturated heterocycles. The van der Waals surface area contributed by atoms with Crippen LogP contribution < -0.4 is 26.1 Å². The van der Waals surface area contributed by atoms with Gasteiger partial charge in [0.05, 0.1) is 19.9 Å². The van der Waals surface area contributed by atoms with Crippen molar-refractivity contribution in [3.05, 3.63) is 80.7 Å². The average molecular weight is 482 g/mol. The van der Waals surface area contributed by atoms with Gasteiger partial charge in [0.25, 0.3) is 5.56 Å². The SMILES string of the molecule is COc1ccc(OCC(O)Cn2c(NN=Cc3ccc(F)cc3)nc3c2c(=O)[nH]c(=O)n3C)cc1. The highest BCUT2D eigenvalue weighted by molar-refractivity contribution is 5.80. The molecule has 0 bridgehead atoms. The molecule has 0 aliphatic heterocycles. The number of aryl methyl sites for hydroxylation is 1. The molecule has 4 aromatic rings. The zero-order valence-corrected chi connectivity index (χ0v) is 18.9. The van der Waals surface area contributed by atoms with Crippen molar-refractivity contribution in [1.29, 1.82) is 0 Å². The second-order valence-corrected chi connectivity index (χ2v) is 7.60. The monoisotopic (exact) mass is 482 g/mol. The number of hydrazone groups is 1. The van der Waals surface area contributed by atoms with Crippen LogP contribution in [-0.4, -0.2) is 50.2 Å². The summed E-state index contributed by atoms with van der Waals surface area (Å²) in [6.45, 7) is -0.156. The van der Waals surface area contributed by atoms with Gasteiger partial charge in [0.2, 0.25) is 5.95 Å². The first kappa shape index (κ1) is 23.7. The first-order valence-electron chi connectivity index (χ1n) is 10.5. The lowest BCUT2D eigenvalue weighted by Crippen LogP contribution is -2.30. The molecule has 0 aliphatic carbocycles. The Labute approximate surface area is 198 Å². The van der Waals surface area contributed by atoms with E-state index in [1.165, 1.54) is 46.7 Å². The maximum atomic E-state index is 13.1. The summed E-state index contributed by atoms with van der Waals surface area (Å²) in [5, 5.41) is 14.7. The molecule has 1 atom stereocenters. The van der Waals surface area contributed by atoms with Gasteiger partial charge in [-0.3, -0.25) is 14.3 Å². The number of H-pyrrole nitrogens is 1. The van der Waals surface area contributed by atoms with Gasteiger partial charge in [-0.15, -0.1) is 0 Å². The van der Waals surface area contributed by atoms with Gasteiger partial charge >= 0.3 is 5.69 Å². The molecule has 0 fully saturated rings. The van der Waals surface area contributed by atoms with Gasteiger partial charge in [-0.2, -0.15) is 10.1 Å². The lowest BCUT2D eigenvalue weighted by atomic mass is 10.2.